The van der Waals surface area contributed by atoms with Crippen molar-refractivity contribution in [3.8, 4) is 0 Å². The summed E-state index contributed by atoms with van der Waals surface area (Å²) in [6.45, 7) is 4.28. The standard InChI is InChI=1S/C14H17N/c1-3-7-11-12-9-5-6-10-14(12)15-13(11)8-4-2/h4-6,8-10,15H,3,7H2,1-2H3/b8-4-. The Hall–Kier alpha value is -1.50. The first-order valence-corrected chi connectivity index (χ1v) is 5.59. The van der Waals surface area contributed by atoms with E-state index in [0.717, 1.165) is 6.42 Å². The molecule has 0 aliphatic carbocycles. The Labute approximate surface area is 90.8 Å². The molecule has 2 rings (SSSR count). The molecule has 1 aromatic carbocycles. The summed E-state index contributed by atoms with van der Waals surface area (Å²) in [6.07, 6.45) is 6.57. The Bertz CT molecular complexity index is 477. The number of aromatic amines is 1. The van der Waals surface area contributed by atoms with E-state index in [9.17, 15) is 0 Å². The summed E-state index contributed by atoms with van der Waals surface area (Å²) in [4.78, 5) is 3.46. The summed E-state index contributed by atoms with van der Waals surface area (Å²) in [5.41, 5.74) is 3.96. The third-order valence-corrected chi connectivity index (χ3v) is 2.68. The van der Waals surface area contributed by atoms with Crippen LogP contribution < -0.4 is 0 Å². The zero-order valence-electron chi connectivity index (χ0n) is 9.38. The lowest BCUT2D eigenvalue weighted by atomic mass is 10.1. The lowest BCUT2D eigenvalue weighted by Crippen LogP contribution is -1.84. The molecule has 0 saturated heterocycles. The van der Waals surface area contributed by atoms with E-state index in [-0.39, 0.29) is 0 Å². The van der Waals surface area contributed by atoms with Gasteiger partial charge < -0.3 is 4.98 Å². The van der Waals surface area contributed by atoms with Crippen molar-refractivity contribution in [3.63, 3.8) is 0 Å². The van der Waals surface area contributed by atoms with Crippen molar-refractivity contribution in [2.75, 3.05) is 0 Å². The lowest BCUT2D eigenvalue weighted by Gasteiger charge is -1.97. The zero-order chi connectivity index (χ0) is 10.7. The topological polar surface area (TPSA) is 15.8 Å². The first-order valence-electron chi connectivity index (χ1n) is 5.59. The Morgan fingerprint density at radius 2 is 2.07 bits per heavy atom. The minimum Gasteiger partial charge on any atom is -0.355 e. The number of hydrogen-bond donors (Lipinski definition) is 1. The molecule has 78 valence electrons. The van der Waals surface area contributed by atoms with Gasteiger partial charge in [0.15, 0.2) is 0 Å². The molecule has 0 spiro atoms. The fourth-order valence-corrected chi connectivity index (χ4v) is 2.05. The van der Waals surface area contributed by atoms with Gasteiger partial charge in [-0.25, -0.2) is 0 Å². The van der Waals surface area contributed by atoms with E-state index in [4.69, 9.17) is 0 Å². The fourth-order valence-electron chi connectivity index (χ4n) is 2.05. The number of fused-ring (bicyclic) bond motifs is 1. The van der Waals surface area contributed by atoms with Crippen LogP contribution in [0.3, 0.4) is 0 Å². The summed E-state index contributed by atoms with van der Waals surface area (Å²) in [5.74, 6) is 0. The highest BCUT2D eigenvalue weighted by molar-refractivity contribution is 5.87. The second kappa shape index (κ2) is 4.35. The maximum absolute atomic E-state index is 3.46. The SMILES string of the molecule is C/C=C\c1[nH]c2ccccc2c1CCC. The van der Waals surface area contributed by atoms with Crippen LogP contribution in [0.5, 0.6) is 0 Å². The van der Waals surface area contributed by atoms with Gasteiger partial charge in [-0.1, -0.05) is 37.6 Å². The van der Waals surface area contributed by atoms with E-state index in [1.807, 2.05) is 0 Å². The molecule has 0 radical (unpaired) electrons. The molecule has 0 unspecified atom stereocenters. The Kier molecular flexibility index (Phi) is 2.91. The van der Waals surface area contributed by atoms with E-state index < -0.39 is 0 Å². The Balaban J connectivity index is 2.63. The van der Waals surface area contributed by atoms with Gasteiger partial charge in [-0.15, -0.1) is 0 Å². The maximum Gasteiger partial charge on any atom is 0.0461 e. The molecule has 1 N–H and O–H groups in total. The normalized spacial score (nSPS) is 11.6. The highest BCUT2D eigenvalue weighted by Gasteiger charge is 2.07. The van der Waals surface area contributed by atoms with Crippen LogP contribution in [0.2, 0.25) is 0 Å². The van der Waals surface area contributed by atoms with Gasteiger partial charge in [-0.05, 0) is 31.1 Å². The molecule has 0 saturated carbocycles. The summed E-state index contributed by atoms with van der Waals surface area (Å²) >= 11 is 0. The quantitative estimate of drug-likeness (QED) is 0.764. The summed E-state index contributed by atoms with van der Waals surface area (Å²) < 4.78 is 0. The molecule has 1 heteroatoms. The molecular weight excluding hydrogens is 182 g/mol. The van der Waals surface area contributed by atoms with E-state index in [0.29, 0.717) is 0 Å². The number of H-pyrrole nitrogens is 1. The number of para-hydroxylation sites is 1. The first-order chi connectivity index (χ1) is 7.36. The maximum atomic E-state index is 3.46. The van der Waals surface area contributed by atoms with E-state index >= 15 is 0 Å². The average molecular weight is 199 g/mol. The molecule has 2 aromatic rings. The molecule has 0 bridgehead atoms. The van der Waals surface area contributed by atoms with Gasteiger partial charge in [0.05, 0.1) is 0 Å². The number of rotatable bonds is 3. The van der Waals surface area contributed by atoms with E-state index in [1.165, 1.54) is 28.6 Å². The summed E-state index contributed by atoms with van der Waals surface area (Å²) in [7, 11) is 0. The molecule has 15 heavy (non-hydrogen) atoms. The number of aromatic nitrogens is 1. The van der Waals surface area contributed by atoms with Crippen LogP contribution in [-0.2, 0) is 6.42 Å². The lowest BCUT2D eigenvalue weighted by molar-refractivity contribution is 0.926. The first kappa shape index (κ1) is 10.0. The van der Waals surface area contributed by atoms with Gasteiger partial charge in [-0.3, -0.25) is 0 Å². The predicted molar refractivity (Wildman–Crippen MR) is 67.0 cm³/mol. The average Bonchev–Trinajstić information content (AvgIpc) is 2.59. The van der Waals surface area contributed by atoms with Crippen LogP contribution in [0.25, 0.3) is 17.0 Å². The number of benzene rings is 1. The van der Waals surface area contributed by atoms with Gasteiger partial charge >= 0.3 is 0 Å². The van der Waals surface area contributed by atoms with Crippen molar-refractivity contribution in [2.24, 2.45) is 0 Å². The van der Waals surface area contributed by atoms with Gasteiger partial charge in [0, 0.05) is 16.6 Å². The van der Waals surface area contributed by atoms with Crippen LogP contribution in [0, 0.1) is 0 Å². The minimum absolute atomic E-state index is 1.14. The Morgan fingerprint density at radius 1 is 1.27 bits per heavy atom. The predicted octanol–water partition coefficient (Wildman–Crippen LogP) is 4.15. The van der Waals surface area contributed by atoms with Gasteiger partial charge in [-0.2, -0.15) is 0 Å². The van der Waals surface area contributed by atoms with Crippen molar-refractivity contribution in [1.82, 2.24) is 4.98 Å². The highest BCUT2D eigenvalue weighted by atomic mass is 14.7. The van der Waals surface area contributed by atoms with Crippen LogP contribution in [0.15, 0.2) is 30.3 Å². The van der Waals surface area contributed by atoms with Gasteiger partial charge in [0.1, 0.15) is 0 Å². The van der Waals surface area contributed by atoms with Crippen molar-refractivity contribution in [3.05, 3.63) is 41.6 Å². The van der Waals surface area contributed by atoms with E-state index in [2.05, 4.69) is 55.2 Å². The smallest absolute Gasteiger partial charge is 0.0461 e. The zero-order valence-corrected chi connectivity index (χ0v) is 9.38. The molecule has 1 aromatic heterocycles. The molecular formula is C14H17N. The molecule has 0 aliphatic heterocycles. The number of nitrogens with one attached hydrogen (secondary N) is 1. The number of aryl methyl sites for hydroxylation is 1. The molecule has 0 atom stereocenters. The highest BCUT2D eigenvalue weighted by Crippen LogP contribution is 2.24. The summed E-state index contributed by atoms with van der Waals surface area (Å²) in [6, 6.07) is 8.52. The number of hydrogen-bond acceptors (Lipinski definition) is 0. The molecule has 1 heterocycles. The van der Waals surface area contributed by atoms with Crippen LogP contribution in [0.4, 0.5) is 0 Å². The number of allylic oxidation sites excluding steroid dienone is 1. The van der Waals surface area contributed by atoms with Crippen molar-refractivity contribution >= 4 is 17.0 Å². The van der Waals surface area contributed by atoms with Crippen molar-refractivity contribution in [2.45, 2.75) is 26.7 Å². The van der Waals surface area contributed by atoms with Crippen LogP contribution >= 0.6 is 0 Å². The summed E-state index contributed by atoms with van der Waals surface area (Å²) in [5, 5.41) is 1.37. The second-order valence-electron chi connectivity index (χ2n) is 3.81. The molecule has 0 aliphatic rings. The second-order valence-corrected chi connectivity index (χ2v) is 3.81. The molecule has 0 amide bonds. The Morgan fingerprint density at radius 3 is 2.80 bits per heavy atom. The van der Waals surface area contributed by atoms with Crippen molar-refractivity contribution in [1.29, 1.82) is 0 Å². The monoisotopic (exact) mass is 199 g/mol. The van der Waals surface area contributed by atoms with E-state index in [1.54, 1.807) is 0 Å². The molecule has 0 fully saturated rings. The van der Waals surface area contributed by atoms with Gasteiger partial charge in [0.25, 0.3) is 0 Å². The fraction of sp³-hybridized carbons (Fsp3) is 0.286. The van der Waals surface area contributed by atoms with Crippen LogP contribution in [0.1, 0.15) is 31.5 Å². The largest absolute Gasteiger partial charge is 0.355 e. The van der Waals surface area contributed by atoms with Gasteiger partial charge in [0.2, 0.25) is 0 Å². The molecule has 1 nitrogen and oxygen atoms in total. The minimum atomic E-state index is 1.14. The third kappa shape index (κ3) is 1.82. The van der Waals surface area contributed by atoms with Crippen LogP contribution in [-0.4, -0.2) is 4.98 Å². The van der Waals surface area contributed by atoms with Crippen molar-refractivity contribution < 1.29 is 0 Å². The third-order valence-electron chi connectivity index (χ3n) is 2.68.